The standard InChI is InChI=1S/C19H24ClN5O2.ClH/c20-14-4-3-6-15(12-14)25-11-8-17(23-25)19(27)24-10-2-1-5-16(24)13-22-18(26)7-9-21;/h3-4,6,8,11-12,16H,1-2,5,7,9-10,13,21H2,(H,22,26);1H. The van der Waals surface area contributed by atoms with Gasteiger partial charge in [-0.25, -0.2) is 4.68 Å². The number of rotatable bonds is 6. The van der Waals surface area contributed by atoms with Gasteiger partial charge in [0.2, 0.25) is 5.91 Å². The molecule has 1 fully saturated rings. The Balaban J connectivity index is 0.00000280. The number of hydrogen-bond donors (Lipinski definition) is 2. The summed E-state index contributed by atoms with van der Waals surface area (Å²) in [6.45, 7) is 1.43. The van der Waals surface area contributed by atoms with Gasteiger partial charge in [-0.3, -0.25) is 9.59 Å². The smallest absolute Gasteiger partial charge is 0.274 e. The number of likely N-dealkylation sites (tertiary alicyclic amines) is 1. The maximum absolute atomic E-state index is 13.0. The lowest BCUT2D eigenvalue weighted by atomic mass is 10.0. The quantitative estimate of drug-likeness (QED) is 0.742. The molecule has 0 aliphatic carbocycles. The number of nitrogens with zero attached hydrogens (tertiary/aromatic N) is 3. The van der Waals surface area contributed by atoms with Crippen molar-refractivity contribution < 1.29 is 9.59 Å². The van der Waals surface area contributed by atoms with Gasteiger partial charge >= 0.3 is 0 Å². The Bertz CT molecular complexity index is 811. The fraction of sp³-hybridized carbons (Fsp3) is 0.421. The molecule has 3 rings (SSSR count). The van der Waals surface area contributed by atoms with Crippen molar-refractivity contribution in [3.63, 3.8) is 0 Å². The first-order valence-electron chi connectivity index (χ1n) is 9.18. The molecular weight excluding hydrogens is 401 g/mol. The molecular formula is C19H25Cl2N5O2. The molecule has 0 radical (unpaired) electrons. The number of piperidine rings is 1. The van der Waals surface area contributed by atoms with Gasteiger partial charge in [-0.1, -0.05) is 17.7 Å². The van der Waals surface area contributed by atoms with Gasteiger partial charge in [0.1, 0.15) is 0 Å². The van der Waals surface area contributed by atoms with Gasteiger partial charge in [0.15, 0.2) is 5.69 Å². The number of halogens is 2. The lowest BCUT2D eigenvalue weighted by Crippen LogP contribution is -2.49. The van der Waals surface area contributed by atoms with E-state index in [1.165, 1.54) is 0 Å². The zero-order valence-electron chi connectivity index (χ0n) is 15.5. The van der Waals surface area contributed by atoms with E-state index in [1.807, 2.05) is 17.0 Å². The van der Waals surface area contributed by atoms with Crippen molar-refractivity contribution in [2.45, 2.75) is 31.7 Å². The Labute approximate surface area is 175 Å². The Morgan fingerprint density at radius 3 is 2.86 bits per heavy atom. The highest BCUT2D eigenvalue weighted by Gasteiger charge is 2.29. The number of carbonyl (C=O) groups is 2. The summed E-state index contributed by atoms with van der Waals surface area (Å²) in [5.41, 5.74) is 6.59. The van der Waals surface area contributed by atoms with Crippen molar-refractivity contribution in [1.82, 2.24) is 20.0 Å². The highest BCUT2D eigenvalue weighted by atomic mass is 35.5. The summed E-state index contributed by atoms with van der Waals surface area (Å²) in [6, 6.07) is 8.98. The van der Waals surface area contributed by atoms with Gasteiger partial charge < -0.3 is 16.0 Å². The lowest BCUT2D eigenvalue weighted by Gasteiger charge is -2.35. The van der Waals surface area contributed by atoms with Crippen LogP contribution in [0.15, 0.2) is 36.5 Å². The van der Waals surface area contributed by atoms with Crippen LogP contribution in [0.5, 0.6) is 0 Å². The molecule has 1 atom stereocenters. The van der Waals surface area contributed by atoms with Crippen LogP contribution >= 0.6 is 24.0 Å². The molecule has 2 amide bonds. The van der Waals surface area contributed by atoms with Gasteiger partial charge in [0.05, 0.1) is 5.69 Å². The lowest BCUT2D eigenvalue weighted by molar-refractivity contribution is -0.121. The Hall–Kier alpha value is -2.09. The summed E-state index contributed by atoms with van der Waals surface area (Å²) < 4.78 is 1.64. The maximum atomic E-state index is 13.0. The second-order valence-electron chi connectivity index (χ2n) is 6.62. The molecule has 7 nitrogen and oxygen atoms in total. The highest BCUT2D eigenvalue weighted by Crippen LogP contribution is 2.20. The summed E-state index contributed by atoms with van der Waals surface area (Å²) in [6.07, 6.45) is 4.90. The van der Waals surface area contributed by atoms with Crippen LogP contribution in [0.4, 0.5) is 0 Å². The molecule has 9 heteroatoms. The van der Waals surface area contributed by atoms with E-state index < -0.39 is 0 Å². The summed E-state index contributed by atoms with van der Waals surface area (Å²) >= 11 is 6.03. The molecule has 2 aromatic rings. The maximum Gasteiger partial charge on any atom is 0.274 e. The molecule has 0 saturated carbocycles. The first kappa shape index (κ1) is 22.2. The number of nitrogens with two attached hydrogens (primary N) is 1. The Morgan fingerprint density at radius 2 is 2.11 bits per heavy atom. The second kappa shape index (κ2) is 10.5. The molecule has 0 spiro atoms. The minimum absolute atomic E-state index is 0. The van der Waals surface area contributed by atoms with Crippen molar-refractivity contribution in [3.8, 4) is 5.69 Å². The normalized spacial score (nSPS) is 16.4. The predicted octanol–water partition coefficient (Wildman–Crippen LogP) is 2.41. The molecule has 1 saturated heterocycles. The number of carbonyl (C=O) groups excluding carboxylic acids is 2. The molecule has 2 heterocycles. The minimum Gasteiger partial charge on any atom is -0.354 e. The zero-order chi connectivity index (χ0) is 19.2. The number of hydrogen-bond acceptors (Lipinski definition) is 4. The van der Waals surface area contributed by atoms with Crippen molar-refractivity contribution in [2.75, 3.05) is 19.6 Å². The van der Waals surface area contributed by atoms with Crippen molar-refractivity contribution >= 4 is 35.8 Å². The fourth-order valence-corrected chi connectivity index (χ4v) is 3.46. The van der Waals surface area contributed by atoms with Gasteiger partial charge in [-0.15, -0.1) is 12.4 Å². The monoisotopic (exact) mass is 425 g/mol. The molecule has 0 bridgehead atoms. The summed E-state index contributed by atoms with van der Waals surface area (Å²) in [7, 11) is 0. The molecule has 1 aromatic carbocycles. The van der Waals surface area contributed by atoms with E-state index >= 15 is 0 Å². The zero-order valence-corrected chi connectivity index (χ0v) is 17.1. The molecule has 1 aliphatic heterocycles. The van der Waals surface area contributed by atoms with Crippen LogP contribution in [-0.2, 0) is 4.79 Å². The Morgan fingerprint density at radius 1 is 1.29 bits per heavy atom. The van der Waals surface area contributed by atoms with E-state index in [1.54, 1.807) is 29.1 Å². The van der Waals surface area contributed by atoms with E-state index in [-0.39, 0.29) is 30.3 Å². The fourth-order valence-electron chi connectivity index (χ4n) is 3.28. The third kappa shape index (κ3) is 5.47. The number of nitrogens with one attached hydrogen (secondary N) is 1. The first-order chi connectivity index (χ1) is 13.1. The van der Waals surface area contributed by atoms with Crippen molar-refractivity contribution in [2.24, 2.45) is 5.73 Å². The van der Waals surface area contributed by atoms with Crippen molar-refractivity contribution in [1.29, 1.82) is 0 Å². The molecule has 1 unspecified atom stereocenters. The van der Waals surface area contributed by atoms with E-state index in [9.17, 15) is 9.59 Å². The number of benzene rings is 1. The molecule has 3 N–H and O–H groups in total. The van der Waals surface area contributed by atoms with E-state index in [2.05, 4.69) is 10.4 Å². The third-order valence-corrected chi connectivity index (χ3v) is 4.91. The number of amides is 2. The topological polar surface area (TPSA) is 93.3 Å². The molecule has 1 aliphatic rings. The van der Waals surface area contributed by atoms with Gasteiger partial charge in [-0.05, 0) is 43.5 Å². The highest BCUT2D eigenvalue weighted by molar-refractivity contribution is 6.30. The van der Waals surface area contributed by atoms with Crippen LogP contribution in [0.25, 0.3) is 5.69 Å². The molecule has 28 heavy (non-hydrogen) atoms. The first-order valence-corrected chi connectivity index (χ1v) is 9.55. The van der Waals surface area contributed by atoms with E-state index in [4.69, 9.17) is 17.3 Å². The van der Waals surface area contributed by atoms with Crippen LogP contribution in [0.2, 0.25) is 5.02 Å². The van der Waals surface area contributed by atoms with Gasteiger partial charge in [0.25, 0.3) is 5.91 Å². The molecule has 152 valence electrons. The average Bonchev–Trinajstić information content (AvgIpc) is 3.16. The van der Waals surface area contributed by atoms with Crippen molar-refractivity contribution in [3.05, 3.63) is 47.2 Å². The minimum atomic E-state index is -0.117. The van der Waals surface area contributed by atoms with Gasteiger partial charge in [-0.2, -0.15) is 5.10 Å². The third-order valence-electron chi connectivity index (χ3n) is 4.68. The van der Waals surface area contributed by atoms with Crippen LogP contribution in [-0.4, -0.2) is 52.2 Å². The summed E-state index contributed by atoms with van der Waals surface area (Å²) in [5.74, 6) is -0.200. The average molecular weight is 426 g/mol. The summed E-state index contributed by atoms with van der Waals surface area (Å²) in [5, 5.41) is 7.90. The number of aromatic nitrogens is 2. The van der Waals surface area contributed by atoms with Crippen LogP contribution in [0.1, 0.15) is 36.2 Å². The Kier molecular flexibility index (Phi) is 8.29. The van der Waals surface area contributed by atoms with Gasteiger partial charge in [0, 0.05) is 43.3 Å². The van der Waals surface area contributed by atoms with Crippen LogP contribution < -0.4 is 11.1 Å². The van der Waals surface area contributed by atoms with E-state index in [0.29, 0.717) is 36.8 Å². The summed E-state index contributed by atoms with van der Waals surface area (Å²) in [4.78, 5) is 26.5. The SMILES string of the molecule is Cl.NCCC(=O)NCC1CCCCN1C(=O)c1ccn(-c2cccc(Cl)c2)n1. The second-order valence-corrected chi connectivity index (χ2v) is 7.05. The van der Waals surface area contributed by atoms with Crippen LogP contribution in [0, 0.1) is 0 Å². The van der Waals surface area contributed by atoms with E-state index in [0.717, 1.165) is 24.9 Å². The predicted molar refractivity (Wildman–Crippen MR) is 111 cm³/mol. The largest absolute Gasteiger partial charge is 0.354 e. The van der Waals surface area contributed by atoms with Crippen LogP contribution in [0.3, 0.4) is 0 Å². The molecule has 1 aromatic heterocycles.